The van der Waals surface area contributed by atoms with Crippen molar-refractivity contribution in [3.63, 3.8) is 0 Å². The zero-order chi connectivity index (χ0) is 14.0. The number of rotatable bonds is 5. The number of nitrogen functional groups attached to an aromatic ring is 1. The van der Waals surface area contributed by atoms with Gasteiger partial charge < -0.3 is 10.3 Å². The van der Waals surface area contributed by atoms with Gasteiger partial charge in [0, 0.05) is 18.3 Å². The Morgan fingerprint density at radius 2 is 2.21 bits per heavy atom. The first-order valence-electron chi connectivity index (χ1n) is 5.52. The van der Waals surface area contributed by atoms with Crippen LogP contribution in [0.2, 0.25) is 0 Å². The molecule has 0 bridgehead atoms. The zero-order valence-electron chi connectivity index (χ0n) is 10.5. The van der Waals surface area contributed by atoms with Crippen LogP contribution in [0.5, 0.6) is 0 Å². The third kappa shape index (κ3) is 3.11. The van der Waals surface area contributed by atoms with Gasteiger partial charge in [0.15, 0.2) is 10.9 Å². The molecular weight excluding hydrogens is 288 g/mol. The van der Waals surface area contributed by atoms with Crippen LogP contribution in [-0.4, -0.2) is 25.1 Å². The van der Waals surface area contributed by atoms with Gasteiger partial charge in [0.25, 0.3) is 0 Å². The number of aryl methyl sites for hydroxylation is 2. The van der Waals surface area contributed by atoms with Gasteiger partial charge in [-0.1, -0.05) is 5.16 Å². The van der Waals surface area contributed by atoms with Gasteiger partial charge in [0.05, 0.1) is 5.69 Å². The summed E-state index contributed by atoms with van der Waals surface area (Å²) in [6, 6.07) is 0. The van der Waals surface area contributed by atoms with Crippen molar-refractivity contribution < 1.29 is 12.9 Å². The van der Waals surface area contributed by atoms with Crippen molar-refractivity contribution in [2.24, 2.45) is 0 Å². The number of nitrogens with two attached hydrogens (primary N) is 1. The Labute approximate surface area is 114 Å². The minimum absolute atomic E-state index is 0.102. The van der Waals surface area contributed by atoms with E-state index in [1.807, 2.05) is 0 Å². The molecule has 0 atom stereocenters. The average molecular weight is 302 g/mol. The van der Waals surface area contributed by atoms with Crippen LogP contribution in [-0.2, 0) is 16.4 Å². The topological polar surface area (TPSA) is 111 Å². The highest BCUT2D eigenvalue weighted by atomic mass is 32.2. The normalized spacial score (nSPS) is 11.9. The van der Waals surface area contributed by atoms with Gasteiger partial charge in [-0.15, -0.1) is 11.3 Å². The van der Waals surface area contributed by atoms with Crippen LogP contribution < -0.4 is 10.5 Å². The fourth-order valence-electron chi connectivity index (χ4n) is 1.68. The summed E-state index contributed by atoms with van der Waals surface area (Å²) in [7, 11) is -3.60. The molecule has 2 rings (SSSR count). The van der Waals surface area contributed by atoms with Crippen molar-refractivity contribution in [3.8, 4) is 0 Å². The SMILES string of the molecule is Cc1noc(C)c1S(=O)(=O)NCCc1csc(N)n1. The quantitative estimate of drug-likeness (QED) is 0.847. The van der Waals surface area contributed by atoms with Crippen molar-refractivity contribution in [2.45, 2.75) is 25.2 Å². The Bertz CT molecular complexity index is 655. The molecule has 7 nitrogen and oxygen atoms in total. The first kappa shape index (κ1) is 14.0. The molecular formula is C10H14N4O3S2. The fraction of sp³-hybridized carbons (Fsp3) is 0.400. The summed E-state index contributed by atoms with van der Waals surface area (Å²) in [6.45, 7) is 3.40. The average Bonchev–Trinajstić information content (AvgIpc) is 2.86. The number of hydrogen-bond acceptors (Lipinski definition) is 7. The maximum absolute atomic E-state index is 12.1. The van der Waals surface area contributed by atoms with Crippen LogP contribution in [0.1, 0.15) is 17.1 Å². The summed E-state index contributed by atoms with van der Waals surface area (Å²) in [6.07, 6.45) is 0.482. The van der Waals surface area contributed by atoms with Crippen molar-refractivity contribution in [1.29, 1.82) is 0 Å². The maximum Gasteiger partial charge on any atom is 0.245 e. The summed E-state index contributed by atoms with van der Waals surface area (Å²) in [5, 5.41) is 5.91. The number of aromatic nitrogens is 2. The molecule has 0 amide bonds. The zero-order valence-corrected chi connectivity index (χ0v) is 12.1. The van der Waals surface area contributed by atoms with Gasteiger partial charge in [0.1, 0.15) is 10.6 Å². The van der Waals surface area contributed by atoms with Crippen molar-refractivity contribution in [1.82, 2.24) is 14.9 Å². The standard InChI is InChI=1S/C10H14N4O3S2/c1-6-9(7(2)17-14-6)19(15,16)12-4-3-8-5-18-10(11)13-8/h5,12H,3-4H2,1-2H3,(H2,11,13). The lowest BCUT2D eigenvalue weighted by molar-refractivity contribution is 0.390. The molecule has 19 heavy (non-hydrogen) atoms. The van der Waals surface area contributed by atoms with Gasteiger partial charge in [0.2, 0.25) is 10.0 Å². The second-order valence-corrected chi connectivity index (χ2v) is 6.57. The molecule has 0 saturated carbocycles. The molecule has 0 fully saturated rings. The molecule has 0 unspecified atom stereocenters. The molecule has 3 N–H and O–H groups in total. The van der Waals surface area contributed by atoms with Crippen LogP contribution in [0.4, 0.5) is 5.13 Å². The minimum Gasteiger partial charge on any atom is -0.375 e. The van der Waals surface area contributed by atoms with E-state index in [1.54, 1.807) is 19.2 Å². The summed E-state index contributed by atoms with van der Waals surface area (Å²) in [5.74, 6) is 0.280. The third-order valence-corrected chi connectivity index (χ3v) is 4.91. The van der Waals surface area contributed by atoms with Crippen LogP contribution in [0.3, 0.4) is 0 Å². The van der Waals surface area contributed by atoms with Gasteiger partial charge in [-0.2, -0.15) is 0 Å². The molecule has 0 aromatic carbocycles. The van der Waals surface area contributed by atoms with Crippen molar-refractivity contribution >= 4 is 26.5 Å². The fourth-order valence-corrected chi connectivity index (χ4v) is 3.64. The van der Waals surface area contributed by atoms with Crippen LogP contribution >= 0.6 is 11.3 Å². The van der Waals surface area contributed by atoms with Crippen molar-refractivity contribution in [2.75, 3.05) is 12.3 Å². The molecule has 0 aliphatic rings. The molecule has 2 aromatic rings. The maximum atomic E-state index is 12.1. The minimum atomic E-state index is -3.60. The van der Waals surface area contributed by atoms with Gasteiger partial charge in [-0.05, 0) is 13.8 Å². The molecule has 9 heteroatoms. The number of anilines is 1. The second kappa shape index (κ2) is 5.27. The van der Waals surface area contributed by atoms with E-state index in [0.29, 0.717) is 17.2 Å². The number of nitrogens with one attached hydrogen (secondary N) is 1. The molecule has 0 aliphatic heterocycles. The first-order chi connectivity index (χ1) is 8.90. The predicted molar refractivity (Wildman–Crippen MR) is 71.4 cm³/mol. The first-order valence-corrected chi connectivity index (χ1v) is 7.89. The van der Waals surface area contributed by atoms with Crippen LogP contribution in [0, 0.1) is 13.8 Å². The summed E-state index contributed by atoms with van der Waals surface area (Å²) >= 11 is 1.33. The number of thiazole rings is 1. The molecule has 0 aliphatic carbocycles. The summed E-state index contributed by atoms with van der Waals surface area (Å²) in [4.78, 5) is 4.16. The Morgan fingerprint density at radius 3 is 2.74 bits per heavy atom. The number of nitrogens with zero attached hydrogens (tertiary/aromatic N) is 2. The molecule has 0 radical (unpaired) electrons. The van der Waals surface area contributed by atoms with E-state index < -0.39 is 10.0 Å². The lowest BCUT2D eigenvalue weighted by atomic mass is 10.3. The molecule has 2 aromatic heterocycles. The largest absolute Gasteiger partial charge is 0.375 e. The lowest BCUT2D eigenvalue weighted by Gasteiger charge is -2.04. The van der Waals surface area contributed by atoms with E-state index >= 15 is 0 Å². The van der Waals surface area contributed by atoms with Gasteiger partial charge in [-0.3, -0.25) is 0 Å². The van der Waals surface area contributed by atoms with Crippen LogP contribution in [0.25, 0.3) is 0 Å². The predicted octanol–water partition coefficient (Wildman–Crippen LogP) is 0.851. The highest BCUT2D eigenvalue weighted by Gasteiger charge is 2.23. The highest BCUT2D eigenvalue weighted by Crippen LogP contribution is 2.18. The number of hydrogen-bond donors (Lipinski definition) is 2. The second-order valence-electron chi connectivity index (χ2n) is 3.98. The molecule has 0 spiro atoms. The Balaban J connectivity index is 2.03. The van der Waals surface area contributed by atoms with Crippen molar-refractivity contribution in [3.05, 3.63) is 22.5 Å². The van der Waals surface area contributed by atoms with E-state index in [1.165, 1.54) is 11.3 Å². The Morgan fingerprint density at radius 1 is 1.47 bits per heavy atom. The highest BCUT2D eigenvalue weighted by molar-refractivity contribution is 7.89. The summed E-state index contributed by atoms with van der Waals surface area (Å²) < 4.78 is 31.5. The molecule has 0 saturated heterocycles. The summed E-state index contributed by atoms with van der Waals surface area (Å²) in [5.41, 5.74) is 6.62. The smallest absolute Gasteiger partial charge is 0.245 e. The Kier molecular flexibility index (Phi) is 3.88. The van der Waals surface area contributed by atoms with E-state index in [9.17, 15) is 8.42 Å². The third-order valence-electron chi connectivity index (χ3n) is 2.48. The van der Waals surface area contributed by atoms with E-state index in [4.69, 9.17) is 10.3 Å². The monoisotopic (exact) mass is 302 g/mol. The lowest BCUT2D eigenvalue weighted by Crippen LogP contribution is -2.26. The van der Waals surface area contributed by atoms with Crippen LogP contribution in [0.15, 0.2) is 14.8 Å². The van der Waals surface area contributed by atoms with Gasteiger partial charge in [-0.25, -0.2) is 18.1 Å². The van der Waals surface area contributed by atoms with E-state index in [2.05, 4.69) is 14.9 Å². The number of sulfonamides is 1. The Hall–Kier alpha value is -1.45. The van der Waals surface area contributed by atoms with E-state index in [0.717, 1.165) is 5.69 Å². The van der Waals surface area contributed by atoms with Gasteiger partial charge >= 0.3 is 0 Å². The molecule has 104 valence electrons. The van der Waals surface area contributed by atoms with E-state index in [-0.39, 0.29) is 17.2 Å². The molecule has 2 heterocycles.